The van der Waals surface area contributed by atoms with E-state index in [0.717, 1.165) is 0 Å². The quantitative estimate of drug-likeness (QED) is 0.483. The van der Waals surface area contributed by atoms with Gasteiger partial charge in [0.15, 0.2) is 0 Å². The van der Waals surface area contributed by atoms with Gasteiger partial charge < -0.3 is 19.9 Å². The summed E-state index contributed by atoms with van der Waals surface area (Å²) in [6.45, 7) is 0. The van der Waals surface area contributed by atoms with Crippen LogP contribution in [0.1, 0.15) is 20.7 Å². The van der Waals surface area contributed by atoms with Gasteiger partial charge in [0, 0.05) is 10.7 Å². The van der Waals surface area contributed by atoms with Crippen LogP contribution in [0.15, 0.2) is 84.9 Å². The maximum atomic E-state index is 13.0. The summed E-state index contributed by atoms with van der Waals surface area (Å²) in [5.41, 5.74) is 0.416. The number of hydrogen-bond acceptors (Lipinski definition) is 6. The molecule has 0 aliphatic carbocycles. The Balaban J connectivity index is 1.89. The van der Waals surface area contributed by atoms with Crippen molar-refractivity contribution in [2.45, 2.75) is 12.2 Å². The van der Waals surface area contributed by atoms with Crippen LogP contribution in [0.5, 0.6) is 0 Å². The zero-order chi connectivity index (χ0) is 23.8. The van der Waals surface area contributed by atoms with Gasteiger partial charge in [-0.2, -0.15) is 0 Å². The minimum absolute atomic E-state index is 0.0648. The van der Waals surface area contributed by atoms with Crippen molar-refractivity contribution >= 4 is 41.1 Å². The highest BCUT2D eigenvalue weighted by molar-refractivity contribution is 6.30. The minimum Gasteiger partial charge on any atom is -0.478 e. The van der Waals surface area contributed by atoms with E-state index >= 15 is 0 Å². The molecule has 0 heterocycles. The van der Waals surface area contributed by atoms with Crippen LogP contribution in [0.2, 0.25) is 5.02 Å². The third-order valence-electron chi connectivity index (χ3n) is 4.38. The molecular formula is C24H18ClNO7. The van der Waals surface area contributed by atoms with Crippen LogP contribution >= 0.6 is 11.6 Å². The minimum atomic E-state index is -2.11. The van der Waals surface area contributed by atoms with Crippen molar-refractivity contribution in [3.63, 3.8) is 0 Å². The van der Waals surface area contributed by atoms with Crippen molar-refractivity contribution in [2.24, 2.45) is 0 Å². The first-order valence-corrected chi connectivity index (χ1v) is 10.0. The first kappa shape index (κ1) is 23.5. The van der Waals surface area contributed by atoms with E-state index in [1.54, 1.807) is 36.4 Å². The smallest absolute Gasteiger partial charge is 0.349 e. The second kappa shape index (κ2) is 10.9. The van der Waals surface area contributed by atoms with Crippen molar-refractivity contribution in [3.8, 4) is 0 Å². The van der Waals surface area contributed by atoms with Gasteiger partial charge in [0.05, 0.1) is 11.1 Å². The van der Waals surface area contributed by atoms with Gasteiger partial charge in [-0.25, -0.2) is 14.4 Å². The first-order chi connectivity index (χ1) is 15.8. The summed E-state index contributed by atoms with van der Waals surface area (Å²) >= 11 is 5.84. The third-order valence-corrected chi connectivity index (χ3v) is 4.63. The molecule has 0 aromatic heterocycles. The Morgan fingerprint density at radius 3 is 1.61 bits per heavy atom. The molecule has 33 heavy (non-hydrogen) atoms. The Morgan fingerprint density at radius 1 is 0.697 bits per heavy atom. The van der Waals surface area contributed by atoms with E-state index < -0.39 is 36.0 Å². The Morgan fingerprint density at radius 2 is 1.15 bits per heavy atom. The summed E-state index contributed by atoms with van der Waals surface area (Å²) in [4.78, 5) is 50.0. The lowest BCUT2D eigenvalue weighted by molar-refractivity contribution is -0.157. The molecule has 3 aromatic carbocycles. The normalized spacial score (nSPS) is 12.2. The number of carbonyl (C=O) groups excluding carboxylic acids is 3. The monoisotopic (exact) mass is 467 g/mol. The van der Waals surface area contributed by atoms with Crippen molar-refractivity contribution in [1.82, 2.24) is 0 Å². The molecular weight excluding hydrogens is 450 g/mol. The maximum Gasteiger partial charge on any atom is 0.349 e. The molecule has 1 amide bonds. The number of carboxylic acids is 1. The molecule has 168 valence electrons. The molecule has 0 fully saturated rings. The van der Waals surface area contributed by atoms with Crippen LogP contribution in [0.4, 0.5) is 5.69 Å². The van der Waals surface area contributed by atoms with Crippen LogP contribution in [-0.2, 0) is 19.1 Å². The molecule has 0 aliphatic rings. The number of hydrogen-bond donors (Lipinski definition) is 2. The summed E-state index contributed by atoms with van der Waals surface area (Å²) in [6.07, 6.45) is -4.10. The highest BCUT2D eigenvalue weighted by atomic mass is 35.5. The largest absolute Gasteiger partial charge is 0.478 e. The highest BCUT2D eigenvalue weighted by Crippen LogP contribution is 2.17. The number of benzene rings is 3. The van der Waals surface area contributed by atoms with Crippen molar-refractivity contribution < 1.29 is 33.8 Å². The average molecular weight is 468 g/mol. The van der Waals surface area contributed by atoms with E-state index in [1.165, 1.54) is 48.5 Å². The van der Waals surface area contributed by atoms with Crippen LogP contribution in [-0.4, -0.2) is 41.1 Å². The van der Waals surface area contributed by atoms with Crippen molar-refractivity contribution in [3.05, 3.63) is 101 Å². The second-order valence-corrected chi connectivity index (χ2v) is 7.15. The van der Waals surface area contributed by atoms with E-state index in [2.05, 4.69) is 5.32 Å². The van der Waals surface area contributed by atoms with Gasteiger partial charge >= 0.3 is 17.9 Å². The molecule has 3 aromatic rings. The fourth-order valence-corrected chi connectivity index (χ4v) is 2.88. The van der Waals surface area contributed by atoms with Crippen molar-refractivity contribution in [1.29, 1.82) is 0 Å². The molecule has 0 saturated carbocycles. The van der Waals surface area contributed by atoms with Crippen LogP contribution in [0.3, 0.4) is 0 Å². The van der Waals surface area contributed by atoms with E-state index in [4.69, 9.17) is 21.1 Å². The molecule has 0 bridgehead atoms. The molecule has 0 aliphatic heterocycles. The molecule has 8 nitrogen and oxygen atoms in total. The molecule has 2 N–H and O–H groups in total. The number of anilines is 1. The number of aliphatic carboxylic acids is 1. The lowest BCUT2D eigenvalue weighted by Crippen LogP contribution is -2.48. The summed E-state index contributed by atoms with van der Waals surface area (Å²) < 4.78 is 10.3. The number of nitrogens with one attached hydrogen (secondary N) is 1. The molecule has 2 atom stereocenters. The fourth-order valence-electron chi connectivity index (χ4n) is 2.76. The summed E-state index contributed by atoms with van der Waals surface area (Å²) in [5.74, 6) is -4.64. The maximum absolute atomic E-state index is 13.0. The number of ether oxygens (including phenoxy) is 2. The van der Waals surface area contributed by atoms with E-state index in [9.17, 15) is 24.3 Å². The molecule has 0 spiro atoms. The van der Waals surface area contributed by atoms with Gasteiger partial charge in [-0.1, -0.05) is 48.0 Å². The Bertz CT molecular complexity index is 1130. The van der Waals surface area contributed by atoms with Gasteiger partial charge in [-0.05, 0) is 48.5 Å². The number of rotatable bonds is 8. The lowest BCUT2D eigenvalue weighted by atomic mass is 10.1. The molecule has 9 heteroatoms. The van der Waals surface area contributed by atoms with Gasteiger partial charge in [-0.15, -0.1) is 0 Å². The Labute approximate surface area is 193 Å². The summed E-state index contributed by atoms with van der Waals surface area (Å²) in [5, 5.41) is 12.6. The third kappa shape index (κ3) is 6.41. The van der Waals surface area contributed by atoms with Crippen LogP contribution < -0.4 is 5.32 Å². The molecule has 2 unspecified atom stereocenters. The predicted molar refractivity (Wildman–Crippen MR) is 119 cm³/mol. The van der Waals surface area contributed by atoms with E-state index in [-0.39, 0.29) is 16.8 Å². The molecule has 0 radical (unpaired) electrons. The van der Waals surface area contributed by atoms with Crippen molar-refractivity contribution in [2.75, 3.05) is 5.32 Å². The number of halogens is 1. The van der Waals surface area contributed by atoms with Crippen LogP contribution in [0, 0.1) is 0 Å². The first-order valence-electron chi connectivity index (χ1n) is 9.66. The fraction of sp³-hybridized carbons (Fsp3) is 0.0833. The van der Waals surface area contributed by atoms with Gasteiger partial charge in [0.1, 0.15) is 0 Å². The highest BCUT2D eigenvalue weighted by Gasteiger charge is 2.41. The lowest BCUT2D eigenvalue weighted by Gasteiger charge is -2.23. The predicted octanol–water partition coefficient (Wildman–Crippen LogP) is 3.81. The van der Waals surface area contributed by atoms with Gasteiger partial charge in [0.2, 0.25) is 12.2 Å². The van der Waals surface area contributed by atoms with E-state index in [0.29, 0.717) is 5.02 Å². The Hall–Kier alpha value is -4.17. The number of esters is 2. The molecule has 3 rings (SSSR count). The van der Waals surface area contributed by atoms with Crippen LogP contribution in [0.25, 0.3) is 0 Å². The Kier molecular flexibility index (Phi) is 7.77. The van der Waals surface area contributed by atoms with Gasteiger partial charge in [0.25, 0.3) is 5.91 Å². The average Bonchev–Trinajstić information content (AvgIpc) is 2.83. The number of carbonyl (C=O) groups is 4. The zero-order valence-electron chi connectivity index (χ0n) is 17.0. The zero-order valence-corrected chi connectivity index (χ0v) is 17.8. The SMILES string of the molecule is O=C(OC(C(=O)O)C(OC(=O)c1ccccc1)C(=O)Nc1ccc(Cl)cc1)c1ccccc1. The molecule has 0 saturated heterocycles. The number of amides is 1. The second-order valence-electron chi connectivity index (χ2n) is 6.72. The van der Waals surface area contributed by atoms with Gasteiger partial charge in [-0.3, -0.25) is 4.79 Å². The summed E-state index contributed by atoms with van der Waals surface area (Å²) in [6, 6.07) is 21.3. The number of carboxylic acid groups (broad SMARTS) is 1. The van der Waals surface area contributed by atoms with E-state index in [1.807, 2.05) is 0 Å². The standard InChI is InChI=1S/C24H18ClNO7/c25-17-11-13-18(14-12-17)26-21(27)19(32-23(30)15-7-3-1-4-8-15)20(22(28)29)33-24(31)16-9-5-2-6-10-16/h1-14,19-20H,(H,26,27)(H,28,29). The topological polar surface area (TPSA) is 119 Å². The summed E-state index contributed by atoms with van der Waals surface area (Å²) in [7, 11) is 0.